The Hall–Kier alpha value is -2.68. The second kappa shape index (κ2) is 15.2. The number of nitrogens with zero attached hydrogens (tertiary/aromatic N) is 4. The van der Waals surface area contributed by atoms with Crippen molar-refractivity contribution in [3.05, 3.63) is 39.9 Å². The molecule has 0 amide bonds. The molecule has 9 heteroatoms. The van der Waals surface area contributed by atoms with Gasteiger partial charge in [-0.05, 0) is 69.1 Å². The number of unbranched alkanes of at least 4 members (excludes halogenated alkanes) is 2. The van der Waals surface area contributed by atoms with Gasteiger partial charge in [-0.2, -0.15) is 0 Å². The number of aromatic nitrogens is 4. The lowest BCUT2D eigenvalue weighted by molar-refractivity contribution is 0.119. The molecule has 39 heavy (non-hydrogen) atoms. The van der Waals surface area contributed by atoms with Gasteiger partial charge in [0.2, 0.25) is 11.8 Å². The van der Waals surface area contributed by atoms with Gasteiger partial charge in [-0.1, -0.05) is 47.1 Å². The number of ether oxygens (including phenoxy) is 1. The quantitative estimate of drug-likeness (QED) is 0.203. The molecule has 222 valence electrons. The van der Waals surface area contributed by atoms with Gasteiger partial charge in [0.05, 0.1) is 12.4 Å². The first-order chi connectivity index (χ1) is 18.4. The summed E-state index contributed by atoms with van der Waals surface area (Å²) in [5.41, 5.74) is -0.0136. The molecule has 2 aromatic rings. The highest BCUT2D eigenvalue weighted by Gasteiger charge is 2.19. The fraction of sp³-hybridized carbons (Fsp3) is 0.733. The van der Waals surface area contributed by atoms with Crippen molar-refractivity contribution in [1.29, 1.82) is 0 Å². The number of aryl methyl sites for hydroxylation is 1. The van der Waals surface area contributed by atoms with Gasteiger partial charge >= 0.3 is 11.4 Å². The minimum absolute atomic E-state index is 0.0176. The van der Waals surface area contributed by atoms with E-state index in [1.807, 2.05) is 6.92 Å². The summed E-state index contributed by atoms with van der Waals surface area (Å²) in [6, 6.07) is 0. The first kappa shape index (κ1) is 32.5. The molecule has 0 spiro atoms. The lowest BCUT2D eigenvalue weighted by Gasteiger charge is -2.25. The lowest BCUT2D eigenvalue weighted by atomic mass is 9.82. The molecule has 0 aliphatic heterocycles. The summed E-state index contributed by atoms with van der Waals surface area (Å²) >= 11 is 0. The third-order valence-electron chi connectivity index (χ3n) is 7.80. The Kier molecular flexibility index (Phi) is 12.7. The number of rotatable bonds is 20. The summed E-state index contributed by atoms with van der Waals surface area (Å²) in [7, 11) is 0. The van der Waals surface area contributed by atoms with Crippen molar-refractivity contribution in [3.8, 4) is 11.8 Å². The zero-order valence-electron chi connectivity index (χ0n) is 25.0. The highest BCUT2D eigenvalue weighted by atomic mass is 16.5. The second-order valence-corrected chi connectivity index (χ2v) is 12.3. The summed E-state index contributed by atoms with van der Waals surface area (Å²) in [5, 5.41) is 19.9. The maximum absolute atomic E-state index is 12.2. The Morgan fingerprint density at radius 1 is 0.769 bits per heavy atom. The van der Waals surface area contributed by atoms with E-state index >= 15 is 0 Å². The SMILES string of the molecule is C=Cn1cc(O)n(CCCC(C)(C)CCCCOCCCCC(C)(C)CCCn2c(O)cn(CC)c2=O)c1=O. The summed E-state index contributed by atoms with van der Waals surface area (Å²) in [4.78, 5) is 24.4. The summed E-state index contributed by atoms with van der Waals surface area (Å²) in [6.07, 6.45) is 14.5. The zero-order valence-corrected chi connectivity index (χ0v) is 25.0. The third kappa shape index (κ3) is 10.4. The molecule has 2 rings (SSSR count). The average Bonchev–Trinajstić information content (AvgIpc) is 3.31. The van der Waals surface area contributed by atoms with Crippen molar-refractivity contribution in [2.24, 2.45) is 10.8 Å². The molecule has 0 aliphatic rings. The van der Waals surface area contributed by atoms with Crippen molar-refractivity contribution in [2.75, 3.05) is 13.2 Å². The molecular weight excluding hydrogens is 496 g/mol. The van der Waals surface area contributed by atoms with Crippen molar-refractivity contribution >= 4 is 6.20 Å². The molecule has 2 heterocycles. The molecule has 0 saturated heterocycles. The highest BCUT2D eigenvalue weighted by Crippen LogP contribution is 2.30. The Labute approximate surface area is 233 Å². The standard InChI is InChI=1S/C30H52N4O5/c1-7-31-23-25(35)33(27(31)37)19-13-17-29(3,4)15-9-11-21-39-22-12-10-16-30(5,6)18-14-20-34-26(36)24-32(8-2)28(34)38/h7,23-24,35-36H,1,8-22H2,2-6H3. The summed E-state index contributed by atoms with van der Waals surface area (Å²) in [6.45, 7) is 17.7. The summed E-state index contributed by atoms with van der Waals surface area (Å²) < 4.78 is 11.6. The van der Waals surface area contributed by atoms with E-state index in [0.717, 1.165) is 77.4 Å². The van der Waals surface area contributed by atoms with Crippen LogP contribution in [0.15, 0.2) is 28.6 Å². The number of hydrogen-bond acceptors (Lipinski definition) is 5. The van der Waals surface area contributed by atoms with Gasteiger partial charge in [0.15, 0.2) is 0 Å². The van der Waals surface area contributed by atoms with Crippen LogP contribution in [0.1, 0.15) is 98.8 Å². The van der Waals surface area contributed by atoms with Gasteiger partial charge in [0.25, 0.3) is 0 Å². The zero-order chi connectivity index (χ0) is 29.1. The van der Waals surface area contributed by atoms with Crippen molar-refractivity contribution in [3.63, 3.8) is 0 Å². The Morgan fingerprint density at radius 3 is 1.67 bits per heavy atom. The van der Waals surface area contributed by atoms with Crippen molar-refractivity contribution in [1.82, 2.24) is 18.3 Å². The number of hydrogen-bond donors (Lipinski definition) is 2. The number of aromatic hydroxyl groups is 2. The van der Waals surface area contributed by atoms with Gasteiger partial charge in [0, 0.05) is 39.0 Å². The molecule has 9 nitrogen and oxygen atoms in total. The van der Waals surface area contributed by atoms with E-state index in [9.17, 15) is 19.8 Å². The van der Waals surface area contributed by atoms with Crippen LogP contribution in [-0.4, -0.2) is 41.7 Å². The maximum atomic E-state index is 12.2. The van der Waals surface area contributed by atoms with E-state index in [2.05, 4.69) is 34.3 Å². The molecular formula is C30H52N4O5. The predicted molar refractivity (Wildman–Crippen MR) is 157 cm³/mol. The normalized spacial score (nSPS) is 12.3. The van der Waals surface area contributed by atoms with Gasteiger partial charge < -0.3 is 14.9 Å². The summed E-state index contributed by atoms with van der Waals surface area (Å²) in [5.74, 6) is 0.0334. The van der Waals surface area contributed by atoms with Crippen LogP contribution in [0, 0.1) is 10.8 Å². The first-order valence-electron chi connectivity index (χ1n) is 14.6. The molecule has 0 fully saturated rings. The van der Waals surface area contributed by atoms with E-state index in [-0.39, 0.29) is 34.0 Å². The Morgan fingerprint density at radius 2 is 1.23 bits per heavy atom. The lowest BCUT2D eigenvalue weighted by Crippen LogP contribution is -2.24. The first-order valence-corrected chi connectivity index (χ1v) is 14.6. The highest BCUT2D eigenvalue weighted by molar-refractivity contribution is 5.21. The molecule has 0 aromatic carbocycles. The average molecular weight is 549 g/mol. The largest absolute Gasteiger partial charge is 0.493 e. The van der Waals surface area contributed by atoms with Gasteiger partial charge in [-0.25, -0.2) is 9.59 Å². The second-order valence-electron chi connectivity index (χ2n) is 12.3. The smallest absolute Gasteiger partial charge is 0.335 e. The fourth-order valence-electron chi connectivity index (χ4n) is 5.18. The monoisotopic (exact) mass is 548 g/mol. The minimum Gasteiger partial charge on any atom is -0.493 e. The van der Waals surface area contributed by atoms with Crippen LogP contribution in [0.25, 0.3) is 6.20 Å². The van der Waals surface area contributed by atoms with Crippen LogP contribution >= 0.6 is 0 Å². The van der Waals surface area contributed by atoms with E-state index in [4.69, 9.17) is 4.74 Å². The molecule has 0 saturated carbocycles. The third-order valence-corrected chi connectivity index (χ3v) is 7.80. The maximum Gasteiger partial charge on any atom is 0.335 e. The molecule has 0 aliphatic carbocycles. The topological polar surface area (TPSA) is 104 Å². The van der Waals surface area contributed by atoms with Crippen molar-refractivity contribution in [2.45, 2.75) is 118 Å². The van der Waals surface area contributed by atoms with Gasteiger partial charge in [-0.15, -0.1) is 0 Å². The van der Waals surface area contributed by atoms with Crippen LogP contribution in [0.5, 0.6) is 11.8 Å². The molecule has 0 bridgehead atoms. The Balaban J connectivity index is 1.52. The molecule has 2 aromatic heterocycles. The molecule has 2 N–H and O–H groups in total. The van der Waals surface area contributed by atoms with Crippen LogP contribution < -0.4 is 11.4 Å². The number of imidazole rings is 2. The van der Waals surface area contributed by atoms with E-state index in [1.54, 1.807) is 0 Å². The molecule has 0 atom stereocenters. The van der Waals surface area contributed by atoms with E-state index < -0.39 is 0 Å². The predicted octanol–water partition coefficient (Wildman–Crippen LogP) is 5.81. The van der Waals surface area contributed by atoms with Crippen LogP contribution in [0.4, 0.5) is 0 Å². The fourth-order valence-corrected chi connectivity index (χ4v) is 5.18. The van der Waals surface area contributed by atoms with Crippen molar-refractivity contribution < 1.29 is 14.9 Å². The van der Waals surface area contributed by atoms with E-state index in [0.29, 0.717) is 19.6 Å². The van der Waals surface area contributed by atoms with Gasteiger partial charge in [0.1, 0.15) is 0 Å². The Bertz CT molecular complexity index is 1140. The van der Waals surface area contributed by atoms with Crippen LogP contribution in [0.3, 0.4) is 0 Å². The van der Waals surface area contributed by atoms with Gasteiger partial charge in [-0.3, -0.25) is 18.3 Å². The van der Waals surface area contributed by atoms with Crippen LogP contribution in [0.2, 0.25) is 0 Å². The minimum atomic E-state index is -0.251. The molecule has 0 radical (unpaired) electrons. The van der Waals surface area contributed by atoms with E-state index in [1.165, 1.54) is 36.9 Å². The molecule has 0 unspecified atom stereocenters. The van der Waals surface area contributed by atoms with Crippen LogP contribution in [-0.2, 0) is 24.4 Å².